The molecule has 1 unspecified atom stereocenters. The monoisotopic (exact) mass is 433 g/mol. The van der Waals surface area contributed by atoms with Crippen molar-refractivity contribution in [3.05, 3.63) is 48.0 Å². The highest BCUT2D eigenvalue weighted by Gasteiger charge is 2.52. The zero-order chi connectivity index (χ0) is 21.9. The number of aryl methyl sites for hydroxylation is 1. The number of hydrogen-bond donors (Lipinski definition) is 2. The molecule has 8 heteroatoms. The van der Waals surface area contributed by atoms with Crippen molar-refractivity contribution in [1.82, 2.24) is 19.9 Å². The zero-order valence-electron chi connectivity index (χ0n) is 18.1. The van der Waals surface area contributed by atoms with E-state index in [0.29, 0.717) is 12.1 Å². The molecule has 2 aliphatic heterocycles. The van der Waals surface area contributed by atoms with E-state index in [1.54, 1.807) is 0 Å². The number of aromatic nitrogens is 3. The number of nitrogens with two attached hydrogens (primary N) is 1. The maximum Gasteiger partial charge on any atom is 0.229 e. The van der Waals surface area contributed by atoms with Crippen LogP contribution >= 0.6 is 0 Å². The molecule has 3 N–H and O–H groups in total. The Labute approximate surface area is 186 Å². The summed E-state index contributed by atoms with van der Waals surface area (Å²) < 4.78 is 14.0. The van der Waals surface area contributed by atoms with Crippen molar-refractivity contribution in [2.45, 2.75) is 56.2 Å². The second-order valence-electron chi connectivity index (χ2n) is 9.39. The fourth-order valence-electron chi connectivity index (χ4n) is 5.08. The predicted molar refractivity (Wildman–Crippen MR) is 118 cm³/mol. The Kier molecular flexibility index (Phi) is 4.48. The molecule has 3 fully saturated rings. The van der Waals surface area contributed by atoms with Crippen LogP contribution in [0.4, 0.5) is 0 Å². The summed E-state index contributed by atoms with van der Waals surface area (Å²) in [6.07, 6.45) is 7.27. The lowest BCUT2D eigenvalue weighted by molar-refractivity contribution is -0.120. The van der Waals surface area contributed by atoms with Crippen LogP contribution < -0.4 is 15.8 Å². The highest BCUT2D eigenvalue weighted by Crippen LogP contribution is 2.47. The number of pyridine rings is 2. The van der Waals surface area contributed by atoms with E-state index in [2.05, 4.69) is 27.5 Å². The smallest absolute Gasteiger partial charge is 0.229 e. The fraction of sp³-hybridized carbons (Fsp3) is 0.458. The standard InChI is InChI=1S/C24H27N5O3/c1-14-6-20(21(11-26-14)32-19-8-16-12-31-13-17(9-19)27-16)15-2-5-29-18(7-15)10-22(28-29)24(3-4-24)23(25)30/h2,5-7,10-11,16-17,19,27H,3-4,8-9,12-13H2,1H3,(H2,25,30)/t16-,17+,19?. The van der Waals surface area contributed by atoms with E-state index in [1.165, 1.54) is 0 Å². The number of morpholine rings is 1. The van der Waals surface area contributed by atoms with Crippen LogP contribution in [0, 0.1) is 6.92 Å². The molecule has 8 nitrogen and oxygen atoms in total. The third kappa shape index (κ3) is 3.34. The van der Waals surface area contributed by atoms with E-state index in [1.807, 2.05) is 36.0 Å². The van der Waals surface area contributed by atoms with Crippen LogP contribution in [0.2, 0.25) is 0 Å². The second-order valence-corrected chi connectivity index (χ2v) is 9.39. The fourth-order valence-corrected chi connectivity index (χ4v) is 5.08. The average molecular weight is 434 g/mol. The molecule has 3 aromatic heterocycles. The van der Waals surface area contributed by atoms with E-state index >= 15 is 0 Å². The van der Waals surface area contributed by atoms with Crippen molar-refractivity contribution < 1.29 is 14.3 Å². The van der Waals surface area contributed by atoms with Crippen molar-refractivity contribution >= 4 is 11.4 Å². The van der Waals surface area contributed by atoms with Gasteiger partial charge in [0.1, 0.15) is 11.9 Å². The number of rotatable bonds is 5. The topological polar surface area (TPSA) is 104 Å². The maximum absolute atomic E-state index is 11.9. The Morgan fingerprint density at radius 1 is 1.25 bits per heavy atom. The SMILES string of the molecule is Cc1cc(-c2ccn3nc(C4(C(N)=O)CC4)cc3c2)c(OC2C[C@H]3COC[C@@H](C2)N3)cn1. The van der Waals surface area contributed by atoms with E-state index in [-0.39, 0.29) is 12.0 Å². The molecule has 32 heavy (non-hydrogen) atoms. The average Bonchev–Trinajstić information content (AvgIpc) is 3.48. The van der Waals surface area contributed by atoms with Gasteiger partial charge in [0.2, 0.25) is 5.91 Å². The van der Waals surface area contributed by atoms with Crippen LogP contribution in [0.3, 0.4) is 0 Å². The molecule has 166 valence electrons. The van der Waals surface area contributed by atoms with Gasteiger partial charge < -0.3 is 20.5 Å². The molecule has 0 radical (unpaired) electrons. The number of nitrogens with one attached hydrogen (secondary N) is 1. The summed E-state index contributed by atoms with van der Waals surface area (Å²) in [5, 5.41) is 8.23. The molecule has 1 aliphatic carbocycles. The minimum Gasteiger partial charge on any atom is -0.488 e. The molecule has 0 aromatic carbocycles. The van der Waals surface area contributed by atoms with Gasteiger partial charge >= 0.3 is 0 Å². The van der Waals surface area contributed by atoms with Gasteiger partial charge in [0, 0.05) is 42.4 Å². The number of fused-ring (bicyclic) bond motifs is 3. The molecule has 3 aromatic rings. The van der Waals surface area contributed by atoms with Gasteiger partial charge in [-0.25, -0.2) is 4.52 Å². The van der Waals surface area contributed by atoms with Crippen molar-refractivity contribution in [2.75, 3.05) is 13.2 Å². The van der Waals surface area contributed by atoms with Crippen LogP contribution in [0.1, 0.15) is 37.1 Å². The molecule has 2 bridgehead atoms. The highest BCUT2D eigenvalue weighted by molar-refractivity contribution is 5.89. The zero-order valence-corrected chi connectivity index (χ0v) is 18.1. The summed E-state index contributed by atoms with van der Waals surface area (Å²) >= 11 is 0. The van der Waals surface area contributed by atoms with E-state index in [9.17, 15) is 4.79 Å². The molecule has 1 amide bonds. The molecule has 3 aliphatic rings. The third-order valence-electron chi connectivity index (χ3n) is 6.99. The van der Waals surface area contributed by atoms with Crippen LogP contribution in [0.25, 0.3) is 16.6 Å². The first-order valence-corrected chi connectivity index (χ1v) is 11.3. The van der Waals surface area contributed by atoms with Crippen LogP contribution in [0.15, 0.2) is 36.7 Å². The first-order valence-electron chi connectivity index (χ1n) is 11.3. The lowest BCUT2D eigenvalue weighted by Crippen LogP contribution is -2.56. The highest BCUT2D eigenvalue weighted by atomic mass is 16.5. The number of nitrogens with zero attached hydrogens (tertiary/aromatic N) is 3. The molecule has 5 heterocycles. The predicted octanol–water partition coefficient (Wildman–Crippen LogP) is 2.12. The summed E-state index contributed by atoms with van der Waals surface area (Å²) in [5.41, 5.74) is 9.72. The molecular weight excluding hydrogens is 406 g/mol. The van der Waals surface area contributed by atoms with Gasteiger partial charge in [-0.3, -0.25) is 9.78 Å². The number of piperidine rings is 1. The third-order valence-corrected chi connectivity index (χ3v) is 6.99. The van der Waals surface area contributed by atoms with E-state index in [4.69, 9.17) is 15.2 Å². The minimum atomic E-state index is -0.593. The molecule has 2 saturated heterocycles. The van der Waals surface area contributed by atoms with E-state index < -0.39 is 5.41 Å². The summed E-state index contributed by atoms with van der Waals surface area (Å²) in [4.78, 5) is 16.4. The Balaban J connectivity index is 1.33. The van der Waals surface area contributed by atoms with Crippen molar-refractivity contribution in [3.8, 4) is 16.9 Å². The minimum absolute atomic E-state index is 0.133. The van der Waals surface area contributed by atoms with Gasteiger partial charge in [-0.2, -0.15) is 5.10 Å². The van der Waals surface area contributed by atoms with Crippen LogP contribution in [0.5, 0.6) is 5.75 Å². The summed E-state index contributed by atoms with van der Waals surface area (Å²) in [6, 6.07) is 8.84. The Morgan fingerprint density at radius 2 is 2.03 bits per heavy atom. The van der Waals surface area contributed by atoms with Gasteiger partial charge in [-0.15, -0.1) is 0 Å². The number of carbonyl (C=O) groups excluding carboxylic acids is 1. The van der Waals surface area contributed by atoms with Crippen LogP contribution in [-0.4, -0.2) is 51.9 Å². The van der Waals surface area contributed by atoms with Gasteiger partial charge in [0.05, 0.1) is 36.0 Å². The molecule has 3 atom stereocenters. The molecule has 0 spiro atoms. The molecular formula is C24H27N5O3. The second kappa shape index (κ2) is 7.28. The number of amides is 1. The van der Waals surface area contributed by atoms with Crippen molar-refractivity contribution in [3.63, 3.8) is 0 Å². The van der Waals surface area contributed by atoms with Gasteiger partial charge in [-0.05, 0) is 49.6 Å². The summed E-state index contributed by atoms with van der Waals surface area (Å²) in [5.74, 6) is 0.500. The van der Waals surface area contributed by atoms with Crippen molar-refractivity contribution in [2.24, 2.45) is 5.73 Å². The van der Waals surface area contributed by atoms with Gasteiger partial charge in [-0.1, -0.05) is 0 Å². The van der Waals surface area contributed by atoms with Gasteiger partial charge in [0.15, 0.2) is 0 Å². The summed E-state index contributed by atoms with van der Waals surface area (Å²) in [6.45, 7) is 3.46. The Bertz CT molecular complexity index is 1190. The Morgan fingerprint density at radius 3 is 2.75 bits per heavy atom. The molecule has 1 saturated carbocycles. The normalized spacial score (nSPS) is 26.1. The first kappa shape index (κ1) is 19.7. The summed E-state index contributed by atoms with van der Waals surface area (Å²) in [7, 11) is 0. The quantitative estimate of drug-likeness (QED) is 0.639. The number of ether oxygens (including phenoxy) is 2. The number of carbonyl (C=O) groups is 1. The lowest BCUT2D eigenvalue weighted by Gasteiger charge is -2.40. The largest absolute Gasteiger partial charge is 0.488 e. The maximum atomic E-state index is 11.9. The lowest BCUT2D eigenvalue weighted by atomic mass is 9.94. The van der Waals surface area contributed by atoms with E-state index in [0.717, 1.165) is 72.7 Å². The number of hydrogen-bond acceptors (Lipinski definition) is 6. The van der Waals surface area contributed by atoms with Crippen LogP contribution in [-0.2, 0) is 14.9 Å². The van der Waals surface area contributed by atoms with Crippen molar-refractivity contribution in [1.29, 1.82) is 0 Å². The number of primary amides is 1. The van der Waals surface area contributed by atoms with Gasteiger partial charge in [0.25, 0.3) is 0 Å². The Hall–Kier alpha value is -2.97. The molecule has 6 rings (SSSR count). The first-order chi connectivity index (χ1) is 15.5.